The Balaban J connectivity index is 3.22. The molecular formula is C8H5FN2. The maximum atomic E-state index is 12.7. The topological polar surface area (TPSA) is 36.7 Å². The summed E-state index contributed by atoms with van der Waals surface area (Å²) in [5.41, 5.74) is 0.386. The van der Waals surface area contributed by atoms with Gasteiger partial charge in [-0.05, 0) is 11.6 Å². The molecule has 54 valence electrons. The minimum atomic E-state index is -0.607. The fourth-order valence-corrected chi connectivity index (χ4v) is 0.647. The van der Waals surface area contributed by atoms with Crippen molar-refractivity contribution in [1.29, 1.82) is 5.26 Å². The summed E-state index contributed by atoms with van der Waals surface area (Å²) in [4.78, 5) is 3.56. The first-order valence-electron chi connectivity index (χ1n) is 2.96. The Kier molecular flexibility index (Phi) is 1.98. The molecule has 0 unspecified atom stereocenters. The molecule has 0 aliphatic rings. The molecule has 3 heteroatoms. The van der Waals surface area contributed by atoms with E-state index in [-0.39, 0.29) is 5.69 Å². The number of hydrogen-bond acceptors (Lipinski definition) is 2. The Morgan fingerprint density at radius 1 is 1.73 bits per heavy atom. The molecule has 0 fully saturated rings. The SMILES string of the molecule is C=Cc1cnc(C#N)c(F)c1. The zero-order chi connectivity index (χ0) is 8.27. The highest BCUT2D eigenvalue weighted by atomic mass is 19.1. The number of rotatable bonds is 1. The van der Waals surface area contributed by atoms with Crippen LogP contribution in [0.1, 0.15) is 11.3 Å². The molecule has 0 aliphatic carbocycles. The summed E-state index contributed by atoms with van der Waals surface area (Å²) in [5.74, 6) is -0.607. The zero-order valence-electron chi connectivity index (χ0n) is 5.71. The van der Waals surface area contributed by atoms with Crippen LogP contribution in [-0.4, -0.2) is 4.98 Å². The van der Waals surface area contributed by atoms with Gasteiger partial charge >= 0.3 is 0 Å². The number of pyridine rings is 1. The largest absolute Gasteiger partial charge is 0.242 e. The summed E-state index contributed by atoms with van der Waals surface area (Å²) in [6.07, 6.45) is 2.87. The number of aromatic nitrogens is 1. The van der Waals surface area contributed by atoms with Crippen LogP contribution in [-0.2, 0) is 0 Å². The second-order valence-electron chi connectivity index (χ2n) is 1.92. The first kappa shape index (κ1) is 7.42. The van der Waals surface area contributed by atoms with Crippen LogP contribution in [0, 0.1) is 17.1 Å². The molecule has 0 aromatic carbocycles. The van der Waals surface area contributed by atoms with Gasteiger partial charge in [0.2, 0.25) is 0 Å². The van der Waals surface area contributed by atoms with Crippen LogP contribution in [0.5, 0.6) is 0 Å². The molecule has 0 aliphatic heterocycles. The molecule has 0 N–H and O–H groups in total. The molecule has 0 amide bonds. The van der Waals surface area contributed by atoms with Gasteiger partial charge in [0.05, 0.1) is 0 Å². The minimum Gasteiger partial charge on any atom is -0.242 e. The fourth-order valence-electron chi connectivity index (χ4n) is 0.647. The first-order chi connectivity index (χ1) is 5.27. The highest BCUT2D eigenvalue weighted by Crippen LogP contribution is 2.06. The Hall–Kier alpha value is -1.69. The summed E-state index contributed by atoms with van der Waals surface area (Å²) in [6, 6.07) is 2.85. The van der Waals surface area contributed by atoms with Gasteiger partial charge in [-0.1, -0.05) is 12.7 Å². The van der Waals surface area contributed by atoms with E-state index in [1.54, 1.807) is 6.07 Å². The number of halogens is 1. The van der Waals surface area contributed by atoms with Crippen molar-refractivity contribution in [3.8, 4) is 6.07 Å². The first-order valence-corrected chi connectivity index (χ1v) is 2.96. The quantitative estimate of drug-likeness (QED) is 0.608. The van der Waals surface area contributed by atoms with Crippen LogP contribution in [0.2, 0.25) is 0 Å². The van der Waals surface area contributed by atoms with E-state index in [2.05, 4.69) is 11.6 Å². The van der Waals surface area contributed by atoms with Crippen LogP contribution in [0.15, 0.2) is 18.8 Å². The van der Waals surface area contributed by atoms with E-state index < -0.39 is 5.82 Å². The van der Waals surface area contributed by atoms with Crippen molar-refractivity contribution < 1.29 is 4.39 Å². The highest BCUT2D eigenvalue weighted by molar-refractivity contribution is 5.46. The Morgan fingerprint density at radius 3 is 2.91 bits per heavy atom. The third kappa shape index (κ3) is 1.41. The Bertz CT molecular complexity index is 325. The monoisotopic (exact) mass is 148 g/mol. The van der Waals surface area contributed by atoms with Crippen LogP contribution in [0.25, 0.3) is 6.08 Å². The van der Waals surface area contributed by atoms with E-state index in [0.717, 1.165) is 0 Å². The van der Waals surface area contributed by atoms with Crippen LogP contribution in [0.3, 0.4) is 0 Å². The molecule has 2 nitrogen and oxygen atoms in total. The second-order valence-corrected chi connectivity index (χ2v) is 1.92. The van der Waals surface area contributed by atoms with Crippen LogP contribution in [0.4, 0.5) is 4.39 Å². The summed E-state index contributed by atoms with van der Waals surface area (Å²) in [7, 11) is 0. The number of nitriles is 1. The zero-order valence-corrected chi connectivity index (χ0v) is 5.71. The minimum absolute atomic E-state index is 0.185. The van der Waals surface area contributed by atoms with Gasteiger partial charge in [-0.15, -0.1) is 0 Å². The molecule has 1 heterocycles. The van der Waals surface area contributed by atoms with Crippen molar-refractivity contribution in [3.05, 3.63) is 35.9 Å². The van der Waals surface area contributed by atoms with Gasteiger partial charge < -0.3 is 0 Å². The third-order valence-corrected chi connectivity index (χ3v) is 1.20. The van der Waals surface area contributed by atoms with Gasteiger partial charge in [0.1, 0.15) is 6.07 Å². The van der Waals surface area contributed by atoms with Crippen LogP contribution < -0.4 is 0 Å². The smallest absolute Gasteiger partial charge is 0.176 e. The van der Waals surface area contributed by atoms with Crippen LogP contribution >= 0.6 is 0 Å². The Morgan fingerprint density at radius 2 is 2.45 bits per heavy atom. The van der Waals surface area contributed by atoms with Crippen molar-refractivity contribution in [2.75, 3.05) is 0 Å². The predicted molar refractivity (Wildman–Crippen MR) is 39.0 cm³/mol. The standard InChI is InChI=1S/C8H5FN2/c1-2-6-3-7(9)8(4-10)11-5-6/h2-3,5H,1H2. The predicted octanol–water partition coefficient (Wildman–Crippen LogP) is 1.74. The highest BCUT2D eigenvalue weighted by Gasteiger charge is 2.00. The molecule has 1 aromatic heterocycles. The molecule has 0 spiro atoms. The van der Waals surface area contributed by atoms with Gasteiger partial charge in [-0.2, -0.15) is 5.26 Å². The van der Waals surface area contributed by atoms with E-state index in [1.165, 1.54) is 18.3 Å². The van der Waals surface area contributed by atoms with E-state index in [0.29, 0.717) is 5.56 Å². The van der Waals surface area contributed by atoms with Gasteiger partial charge in [0.15, 0.2) is 11.5 Å². The fraction of sp³-hybridized carbons (Fsp3) is 0. The van der Waals surface area contributed by atoms with Crippen molar-refractivity contribution >= 4 is 6.08 Å². The van der Waals surface area contributed by atoms with Gasteiger partial charge in [0, 0.05) is 6.20 Å². The molecule has 0 radical (unpaired) electrons. The molecule has 0 atom stereocenters. The average molecular weight is 148 g/mol. The lowest BCUT2D eigenvalue weighted by atomic mass is 10.2. The lowest BCUT2D eigenvalue weighted by molar-refractivity contribution is 0.616. The number of hydrogen-bond donors (Lipinski definition) is 0. The van der Waals surface area contributed by atoms with E-state index in [4.69, 9.17) is 5.26 Å². The van der Waals surface area contributed by atoms with E-state index >= 15 is 0 Å². The maximum absolute atomic E-state index is 12.7. The van der Waals surface area contributed by atoms with E-state index in [1.807, 2.05) is 0 Å². The van der Waals surface area contributed by atoms with Crippen molar-refractivity contribution in [2.24, 2.45) is 0 Å². The van der Waals surface area contributed by atoms with Gasteiger partial charge in [0.25, 0.3) is 0 Å². The van der Waals surface area contributed by atoms with E-state index in [9.17, 15) is 4.39 Å². The molecule has 0 saturated heterocycles. The molecule has 0 saturated carbocycles. The molecule has 11 heavy (non-hydrogen) atoms. The molecule has 1 aromatic rings. The molecular weight excluding hydrogens is 143 g/mol. The normalized spacial score (nSPS) is 8.73. The van der Waals surface area contributed by atoms with Crippen molar-refractivity contribution in [1.82, 2.24) is 4.98 Å². The molecule has 1 rings (SSSR count). The van der Waals surface area contributed by atoms with Gasteiger partial charge in [-0.3, -0.25) is 0 Å². The maximum Gasteiger partial charge on any atom is 0.176 e. The van der Waals surface area contributed by atoms with Crippen molar-refractivity contribution in [3.63, 3.8) is 0 Å². The summed E-state index contributed by atoms with van der Waals surface area (Å²) in [6.45, 7) is 3.44. The van der Waals surface area contributed by atoms with Gasteiger partial charge in [-0.25, -0.2) is 9.37 Å². The Labute approximate surface area is 63.6 Å². The summed E-state index contributed by atoms with van der Waals surface area (Å²) < 4.78 is 12.7. The van der Waals surface area contributed by atoms with Crippen molar-refractivity contribution in [2.45, 2.75) is 0 Å². The average Bonchev–Trinajstić information content (AvgIpc) is 2.04. The lowest BCUT2D eigenvalue weighted by Gasteiger charge is -1.93. The second kappa shape index (κ2) is 2.93. The molecule has 0 bridgehead atoms. The summed E-state index contributed by atoms with van der Waals surface area (Å²) >= 11 is 0. The summed E-state index contributed by atoms with van der Waals surface area (Å²) in [5, 5.41) is 8.30. The number of nitrogens with zero attached hydrogens (tertiary/aromatic N) is 2. The third-order valence-electron chi connectivity index (χ3n) is 1.20. The lowest BCUT2D eigenvalue weighted by Crippen LogP contribution is -1.88.